The van der Waals surface area contributed by atoms with Crippen molar-refractivity contribution in [3.8, 4) is 0 Å². The smallest absolute Gasteiger partial charge is 0.408 e. The van der Waals surface area contributed by atoms with Crippen LogP contribution in [0.4, 0.5) is 4.79 Å². The van der Waals surface area contributed by atoms with Gasteiger partial charge in [-0.3, -0.25) is 14.7 Å². The highest BCUT2D eigenvalue weighted by Gasteiger charge is 2.31. The van der Waals surface area contributed by atoms with Gasteiger partial charge in [0.25, 0.3) is 0 Å². The fourth-order valence-corrected chi connectivity index (χ4v) is 3.51. The SMILES string of the molecule is CCC(CC)(CNC(=NC)N1CCN(CC(=O)NC(C)C)CC1)NC(=O)OC(C)(C)C. The molecule has 9 heteroatoms. The molecule has 0 aromatic heterocycles. The lowest BCUT2D eigenvalue weighted by molar-refractivity contribution is -0.123. The average molecular weight is 441 g/mol. The molecule has 1 heterocycles. The monoisotopic (exact) mass is 440 g/mol. The first-order valence-electron chi connectivity index (χ1n) is 11.4. The summed E-state index contributed by atoms with van der Waals surface area (Å²) < 4.78 is 5.46. The third-order valence-electron chi connectivity index (χ3n) is 5.41. The Morgan fingerprint density at radius 1 is 1.06 bits per heavy atom. The molecule has 9 nitrogen and oxygen atoms in total. The number of rotatable bonds is 8. The maximum atomic E-state index is 12.4. The molecule has 0 spiro atoms. The zero-order valence-corrected chi connectivity index (χ0v) is 20.8. The normalized spacial score (nSPS) is 16.3. The Bertz CT molecular complexity index is 603. The topological polar surface area (TPSA) is 98.3 Å². The van der Waals surface area contributed by atoms with E-state index in [4.69, 9.17) is 4.74 Å². The summed E-state index contributed by atoms with van der Waals surface area (Å²) in [6, 6.07) is 0.156. The van der Waals surface area contributed by atoms with Crippen LogP contribution in [0.1, 0.15) is 61.3 Å². The van der Waals surface area contributed by atoms with Crippen LogP contribution < -0.4 is 16.0 Å². The van der Waals surface area contributed by atoms with Gasteiger partial charge in [0.2, 0.25) is 5.91 Å². The molecule has 2 amide bonds. The van der Waals surface area contributed by atoms with Crippen molar-refractivity contribution in [2.24, 2.45) is 4.99 Å². The van der Waals surface area contributed by atoms with Crippen LogP contribution in [-0.2, 0) is 9.53 Å². The summed E-state index contributed by atoms with van der Waals surface area (Å²) in [7, 11) is 1.77. The van der Waals surface area contributed by atoms with Crippen LogP contribution in [-0.4, -0.2) is 91.3 Å². The van der Waals surface area contributed by atoms with Crippen LogP contribution in [0.3, 0.4) is 0 Å². The molecular formula is C22H44N6O3. The van der Waals surface area contributed by atoms with E-state index in [1.807, 2.05) is 34.6 Å². The molecule has 0 atom stereocenters. The van der Waals surface area contributed by atoms with Gasteiger partial charge in [-0.2, -0.15) is 0 Å². The molecule has 0 unspecified atom stereocenters. The van der Waals surface area contributed by atoms with E-state index in [0.717, 1.165) is 45.0 Å². The molecule has 0 aromatic rings. The second-order valence-electron chi connectivity index (χ2n) is 9.50. The number of ether oxygens (including phenoxy) is 1. The first-order chi connectivity index (χ1) is 14.4. The van der Waals surface area contributed by atoms with Crippen molar-refractivity contribution in [1.82, 2.24) is 25.8 Å². The summed E-state index contributed by atoms with van der Waals surface area (Å²) in [4.78, 5) is 33.2. The van der Waals surface area contributed by atoms with Gasteiger partial charge >= 0.3 is 6.09 Å². The Hall–Kier alpha value is -2.03. The van der Waals surface area contributed by atoms with Gasteiger partial charge < -0.3 is 25.6 Å². The summed E-state index contributed by atoms with van der Waals surface area (Å²) in [5.41, 5.74) is -0.957. The summed E-state index contributed by atoms with van der Waals surface area (Å²) in [5.74, 6) is 0.874. The molecule has 3 N–H and O–H groups in total. The van der Waals surface area contributed by atoms with Crippen LogP contribution in [0.5, 0.6) is 0 Å². The Morgan fingerprint density at radius 2 is 1.65 bits per heavy atom. The molecule has 0 aromatic carbocycles. The van der Waals surface area contributed by atoms with Crippen molar-refractivity contribution in [3.63, 3.8) is 0 Å². The highest BCUT2D eigenvalue weighted by atomic mass is 16.6. The summed E-state index contributed by atoms with van der Waals surface area (Å²) >= 11 is 0. The summed E-state index contributed by atoms with van der Waals surface area (Å²) in [6.07, 6.45) is 1.14. The lowest BCUT2D eigenvalue weighted by Crippen LogP contribution is -2.59. The Balaban J connectivity index is 2.61. The van der Waals surface area contributed by atoms with Gasteiger partial charge in [0, 0.05) is 45.8 Å². The van der Waals surface area contributed by atoms with E-state index in [0.29, 0.717) is 13.1 Å². The van der Waals surface area contributed by atoms with E-state index in [2.05, 4.69) is 44.6 Å². The van der Waals surface area contributed by atoms with Crippen molar-refractivity contribution in [2.75, 3.05) is 46.3 Å². The molecule has 0 bridgehead atoms. The van der Waals surface area contributed by atoms with E-state index < -0.39 is 17.2 Å². The summed E-state index contributed by atoms with van der Waals surface area (Å²) in [5, 5.41) is 9.44. The molecule has 31 heavy (non-hydrogen) atoms. The third-order valence-corrected chi connectivity index (χ3v) is 5.41. The predicted molar refractivity (Wildman–Crippen MR) is 125 cm³/mol. The first-order valence-corrected chi connectivity index (χ1v) is 11.4. The lowest BCUT2D eigenvalue weighted by Gasteiger charge is -2.38. The second kappa shape index (κ2) is 12.1. The number of hydrogen-bond donors (Lipinski definition) is 3. The molecule has 0 aliphatic carbocycles. The van der Waals surface area contributed by atoms with E-state index >= 15 is 0 Å². The van der Waals surface area contributed by atoms with Crippen LogP contribution in [0, 0.1) is 0 Å². The summed E-state index contributed by atoms with van der Waals surface area (Å²) in [6.45, 7) is 17.8. The van der Waals surface area contributed by atoms with Crippen LogP contribution >= 0.6 is 0 Å². The van der Waals surface area contributed by atoms with Gasteiger partial charge in [0.1, 0.15) is 5.60 Å². The minimum atomic E-state index is -0.535. The van der Waals surface area contributed by atoms with Crippen molar-refractivity contribution < 1.29 is 14.3 Å². The highest BCUT2D eigenvalue weighted by Crippen LogP contribution is 2.16. The number of carbonyl (C=O) groups is 2. The molecular weight excluding hydrogens is 396 g/mol. The Labute approximate surface area is 188 Å². The van der Waals surface area contributed by atoms with Crippen molar-refractivity contribution in [1.29, 1.82) is 0 Å². The second-order valence-corrected chi connectivity index (χ2v) is 9.50. The number of guanidine groups is 1. The Kier molecular flexibility index (Phi) is 10.6. The molecule has 1 rings (SSSR count). The van der Waals surface area contributed by atoms with Gasteiger partial charge in [-0.05, 0) is 47.5 Å². The quantitative estimate of drug-likeness (QED) is 0.393. The lowest BCUT2D eigenvalue weighted by atomic mass is 9.93. The number of aliphatic imine (C=N–C) groups is 1. The van der Waals surface area contributed by atoms with E-state index in [1.165, 1.54) is 0 Å². The van der Waals surface area contributed by atoms with E-state index in [-0.39, 0.29) is 11.9 Å². The molecule has 180 valence electrons. The van der Waals surface area contributed by atoms with E-state index in [1.54, 1.807) is 7.05 Å². The van der Waals surface area contributed by atoms with Crippen LogP contribution in [0.2, 0.25) is 0 Å². The Morgan fingerprint density at radius 3 is 2.10 bits per heavy atom. The molecule has 0 saturated carbocycles. The fourth-order valence-electron chi connectivity index (χ4n) is 3.51. The zero-order valence-electron chi connectivity index (χ0n) is 20.8. The average Bonchev–Trinajstić information content (AvgIpc) is 2.66. The first kappa shape index (κ1) is 27.0. The molecule has 0 radical (unpaired) electrons. The molecule has 1 saturated heterocycles. The largest absolute Gasteiger partial charge is 0.444 e. The number of nitrogens with one attached hydrogen (secondary N) is 3. The van der Waals surface area contributed by atoms with Gasteiger partial charge in [-0.1, -0.05) is 13.8 Å². The maximum absolute atomic E-state index is 12.4. The van der Waals surface area contributed by atoms with E-state index in [9.17, 15) is 9.59 Å². The van der Waals surface area contributed by atoms with Crippen molar-refractivity contribution >= 4 is 18.0 Å². The highest BCUT2D eigenvalue weighted by molar-refractivity contribution is 5.80. The molecule has 1 aliphatic rings. The molecule has 1 aliphatic heterocycles. The number of hydrogen-bond acceptors (Lipinski definition) is 5. The predicted octanol–water partition coefficient (Wildman–Crippen LogP) is 1.79. The maximum Gasteiger partial charge on any atom is 0.408 e. The van der Waals surface area contributed by atoms with Crippen molar-refractivity contribution in [3.05, 3.63) is 0 Å². The zero-order chi connectivity index (χ0) is 23.7. The number of piperazine rings is 1. The van der Waals surface area contributed by atoms with Gasteiger partial charge in [-0.25, -0.2) is 4.79 Å². The fraction of sp³-hybridized carbons (Fsp3) is 0.864. The minimum Gasteiger partial charge on any atom is -0.444 e. The minimum absolute atomic E-state index is 0.0647. The number of amides is 2. The number of nitrogens with zero attached hydrogens (tertiary/aromatic N) is 3. The van der Waals surface area contributed by atoms with Gasteiger partial charge in [0.15, 0.2) is 5.96 Å². The number of alkyl carbamates (subject to hydrolysis) is 1. The van der Waals surface area contributed by atoms with Crippen LogP contribution in [0.15, 0.2) is 4.99 Å². The van der Waals surface area contributed by atoms with Crippen molar-refractivity contribution in [2.45, 2.75) is 78.5 Å². The van der Waals surface area contributed by atoms with Gasteiger partial charge in [0.05, 0.1) is 12.1 Å². The third kappa shape index (κ3) is 9.76. The molecule has 1 fully saturated rings. The van der Waals surface area contributed by atoms with Crippen LogP contribution in [0.25, 0.3) is 0 Å². The number of carbonyl (C=O) groups excluding carboxylic acids is 2. The standard InChI is InChI=1S/C22H44N6O3/c1-9-22(10-2,26-20(30)31-21(5,6)7)16-24-19(23-8)28-13-11-27(12-14-28)15-18(29)25-17(3)4/h17H,9-16H2,1-8H3,(H,23,24)(H,25,29)(H,26,30). The van der Waals surface area contributed by atoms with Gasteiger partial charge in [-0.15, -0.1) is 0 Å².